The van der Waals surface area contributed by atoms with Gasteiger partial charge in [-0.2, -0.15) is 0 Å². The predicted octanol–water partition coefficient (Wildman–Crippen LogP) is 5.45. The molecule has 0 aliphatic carbocycles. The molecule has 1 atom stereocenters. The standard InChI is InChI=1S/C30H32N2O8S/c1-6-8-15-40-21-14-11-19(16-22(21)39-7-2)24-23(25(33)18-9-12-20(37-4)13-10-18)26(34)28(35)32(24)30-31-17(3)27(41-30)29(36)38-5/h9-14,16,24,33H,6-8,15H2,1-5H3. The van der Waals surface area contributed by atoms with E-state index >= 15 is 0 Å². The Morgan fingerprint density at radius 3 is 2.41 bits per heavy atom. The molecule has 216 valence electrons. The van der Waals surface area contributed by atoms with E-state index in [2.05, 4.69) is 11.9 Å². The van der Waals surface area contributed by atoms with E-state index in [1.165, 1.54) is 19.1 Å². The monoisotopic (exact) mass is 580 g/mol. The first kappa shape index (κ1) is 29.6. The summed E-state index contributed by atoms with van der Waals surface area (Å²) >= 11 is 0.930. The van der Waals surface area contributed by atoms with E-state index in [0.717, 1.165) is 24.2 Å². The van der Waals surface area contributed by atoms with E-state index in [0.29, 0.717) is 47.3 Å². The molecule has 1 N–H and O–H groups in total. The summed E-state index contributed by atoms with van der Waals surface area (Å²) in [5.74, 6) is -1.23. The van der Waals surface area contributed by atoms with Crippen LogP contribution in [0.25, 0.3) is 5.76 Å². The Morgan fingerprint density at radius 2 is 1.78 bits per heavy atom. The fourth-order valence-electron chi connectivity index (χ4n) is 4.43. The Kier molecular flexibility index (Phi) is 9.28. The van der Waals surface area contributed by atoms with Gasteiger partial charge in [-0.3, -0.25) is 14.5 Å². The van der Waals surface area contributed by atoms with Crippen LogP contribution in [0.2, 0.25) is 0 Å². The highest BCUT2D eigenvalue weighted by Crippen LogP contribution is 2.45. The largest absolute Gasteiger partial charge is 0.507 e. The van der Waals surface area contributed by atoms with Gasteiger partial charge in [0.25, 0.3) is 5.78 Å². The van der Waals surface area contributed by atoms with Crippen molar-refractivity contribution in [3.8, 4) is 17.2 Å². The molecule has 0 spiro atoms. The Hall–Kier alpha value is -4.38. The van der Waals surface area contributed by atoms with Crippen LogP contribution in [0.5, 0.6) is 17.2 Å². The second kappa shape index (κ2) is 12.9. The second-order valence-corrected chi connectivity index (χ2v) is 10.1. The Morgan fingerprint density at radius 1 is 1.05 bits per heavy atom. The molecule has 1 saturated heterocycles. The van der Waals surface area contributed by atoms with E-state index in [1.54, 1.807) is 49.4 Å². The molecule has 1 aromatic heterocycles. The number of aryl methyl sites for hydroxylation is 1. The lowest BCUT2D eigenvalue weighted by molar-refractivity contribution is -0.132. The Bertz CT molecular complexity index is 1480. The number of unbranched alkanes of at least 4 members (excludes halogenated alkanes) is 1. The van der Waals surface area contributed by atoms with Crippen LogP contribution in [0.4, 0.5) is 5.13 Å². The van der Waals surface area contributed by atoms with Crippen molar-refractivity contribution in [2.75, 3.05) is 32.3 Å². The van der Waals surface area contributed by atoms with Crippen molar-refractivity contribution in [1.82, 2.24) is 4.98 Å². The number of aliphatic hydroxyl groups is 1. The number of rotatable bonds is 11. The third kappa shape index (κ3) is 5.90. The first-order valence-corrected chi connectivity index (χ1v) is 14.0. The van der Waals surface area contributed by atoms with Crippen LogP contribution in [0.1, 0.15) is 59.2 Å². The molecule has 1 amide bonds. The number of nitrogens with zero attached hydrogens (tertiary/aromatic N) is 2. The topological polar surface area (TPSA) is 124 Å². The van der Waals surface area contributed by atoms with Gasteiger partial charge in [-0.1, -0.05) is 30.7 Å². The maximum Gasteiger partial charge on any atom is 0.350 e. The first-order valence-electron chi connectivity index (χ1n) is 13.2. The third-order valence-corrected chi connectivity index (χ3v) is 7.65. The normalized spacial score (nSPS) is 16.1. The maximum atomic E-state index is 13.6. The van der Waals surface area contributed by atoms with Crippen LogP contribution in [-0.2, 0) is 14.3 Å². The third-order valence-electron chi connectivity index (χ3n) is 6.51. The minimum absolute atomic E-state index is 0.116. The summed E-state index contributed by atoms with van der Waals surface area (Å²) in [6, 6.07) is 10.5. The number of aromatic nitrogens is 1. The molecule has 10 nitrogen and oxygen atoms in total. The molecular formula is C30H32N2O8S. The van der Waals surface area contributed by atoms with E-state index < -0.39 is 23.7 Å². The molecule has 1 aliphatic heterocycles. The average Bonchev–Trinajstić information content (AvgIpc) is 3.49. The summed E-state index contributed by atoms with van der Waals surface area (Å²) in [4.78, 5) is 45.2. The molecule has 11 heteroatoms. The van der Waals surface area contributed by atoms with Gasteiger partial charge in [-0.15, -0.1) is 0 Å². The zero-order chi connectivity index (χ0) is 29.7. The number of carbonyl (C=O) groups excluding carboxylic acids is 3. The smallest absolute Gasteiger partial charge is 0.350 e. The van der Waals surface area contributed by atoms with Gasteiger partial charge >= 0.3 is 11.9 Å². The molecule has 0 bridgehead atoms. The number of ether oxygens (including phenoxy) is 4. The van der Waals surface area contributed by atoms with Crippen molar-refractivity contribution in [2.45, 2.75) is 39.7 Å². The quantitative estimate of drug-likeness (QED) is 0.104. The number of methoxy groups -OCH3 is 2. The summed E-state index contributed by atoms with van der Waals surface area (Å²) in [7, 11) is 2.77. The van der Waals surface area contributed by atoms with E-state index in [-0.39, 0.29) is 21.3 Å². The van der Waals surface area contributed by atoms with Crippen molar-refractivity contribution < 1.29 is 38.4 Å². The molecule has 1 fully saturated rings. The zero-order valence-corrected chi connectivity index (χ0v) is 24.4. The highest BCUT2D eigenvalue weighted by molar-refractivity contribution is 7.17. The maximum absolute atomic E-state index is 13.6. The molecule has 2 aromatic carbocycles. The molecule has 1 unspecified atom stereocenters. The van der Waals surface area contributed by atoms with Gasteiger partial charge in [0.2, 0.25) is 0 Å². The number of ketones is 1. The average molecular weight is 581 g/mol. The highest BCUT2D eigenvalue weighted by atomic mass is 32.1. The van der Waals surface area contributed by atoms with Crippen molar-refractivity contribution in [2.24, 2.45) is 0 Å². The van der Waals surface area contributed by atoms with Gasteiger partial charge < -0.3 is 24.1 Å². The first-order chi connectivity index (χ1) is 19.7. The fraction of sp³-hybridized carbons (Fsp3) is 0.333. The summed E-state index contributed by atoms with van der Waals surface area (Å²) in [5.41, 5.74) is 1.03. The van der Waals surface area contributed by atoms with Crippen molar-refractivity contribution in [1.29, 1.82) is 0 Å². The number of aliphatic hydroxyl groups excluding tert-OH is 1. The number of carbonyl (C=O) groups is 3. The van der Waals surface area contributed by atoms with Gasteiger partial charge in [0, 0.05) is 5.56 Å². The van der Waals surface area contributed by atoms with Gasteiger partial charge in [0.15, 0.2) is 16.6 Å². The Balaban J connectivity index is 1.91. The Labute approximate surface area is 242 Å². The van der Waals surface area contributed by atoms with E-state index in [4.69, 9.17) is 18.9 Å². The van der Waals surface area contributed by atoms with Gasteiger partial charge in [-0.25, -0.2) is 9.78 Å². The van der Waals surface area contributed by atoms with Crippen LogP contribution >= 0.6 is 11.3 Å². The van der Waals surface area contributed by atoms with Gasteiger partial charge in [0.05, 0.1) is 44.7 Å². The van der Waals surface area contributed by atoms with E-state index in [1.807, 2.05) is 6.92 Å². The van der Waals surface area contributed by atoms with Crippen molar-refractivity contribution in [3.05, 3.63) is 69.7 Å². The highest BCUT2D eigenvalue weighted by Gasteiger charge is 2.48. The van der Waals surface area contributed by atoms with Gasteiger partial charge in [0.1, 0.15) is 16.4 Å². The summed E-state index contributed by atoms with van der Waals surface area (Å²) in [6.45, 7) is 6.37. The SMILES string of the molecule is CCCCOc1ccc(C2C(=C(O)c3ccc(OC)cc3)C(=O)C(=O)N2c2nc(C)c(C(=O)OC)s2)cc1OCC. The number of anilines is 1. The van der Waals surface area contributed by atoms with Crippen LogP contribution in [0, 0.1) is 6.92 Å². The predicted molar refractivity (Wildman–Crippen MR) is 154 cm³/mol. The van der Waals surface area contributed by atoms with Crippen molar-refractivity contribution in [3.63, 3.8) is 0 Å². The number of esters is 1. The number of hydrogen-bond donors (Lipinski definition) is 1. The summed E-state index contributed by atoms with van der Waals surface area (Å²) < 4.78 is 21.8. The minimum Gasteiger partial charge on any atom is -0.507 e. The second-order valence-electron chi connectivity index (χ2n) is 9.14. The lowest BCUT2D eigenvalue weighted by Crippen LogP contribution is -2.29. The van der Waals surface area contributed by atoms with Crippen LogP contribution in [0.15, 0.2) is 48.0 Å². The number of thiazole rings is 1. The van der Waals surface area contributed by atoms with Gasteiger partial charge in [-0.05, 0) is 62.2 Å². The van der Waals surface area contributed by atoms with Crippen LogP contribution in [0.3, 0.4) is 0 Å². The molecule has 0 radical (unpaired) electrons. The molecule has 2 heterocycles. The molecule has 3 aromatic rings. The van der Waals surface area contributed by atoms with Crippen molar-refractivity contribution >= 4 is 39.9 Å². The molecular weight excluding hydrogens is 548 g/mol. The zero-order valence-electron chi connectivity index (χ0n) is 23.6. The lowest BCUT2D eigenvalue weighted by Gasteiger charge is -2.24. The molecule has 0 saturated carbocycles. The minimum atomic E-state index is -1.07. The molecule has 41 heavy (non-hydrogen) atoms. The molecule has 1 aliphatic rings. The summed E-state index contributed by atoms with van der Waals surface area (Å²) in [6.07, 6.45) is 1.82. The number of hydrogen-bond acceptors (Lipinski definition) is 10. The fourth-order valence-corrected chi connectivity index (χ4v) is 5.44. The number of benzene rings is 2. The van der Waals surface area contributed by atoms with Crippen LogP contribution in [-0.4, -0.2) is 55.2 Å². The number of Topliss-reactive ketones (excluding diaryl/α,β-unsaturated/α-hetero) is 1. The van der Waals surface area contributed by atoms with Crippen LogP contribution < -0.4 is 19.1 Å². The number of amides is 1. The molecule has 4 rings (SSSR count). The lowest BCUT2D eigenvalue weighted by atomic mass is 9.95. The van der Waals surface area contributed by atoms with E-state index in [9.17, 15) is 19.5 Å². The summed E-state index contributed by atoms with van der Waals surface area (Å²) in [5, 5.41) is 11.5.